The lowest BCUT2D eigenvalue weighted by Crippen LogP contribution is -2.57. The Morgan fingerprint density at radius 3 is 2.15 bits per heavy atom. The summed E-state index contributed by atoms with van der Waals surface area (Å²) in [6.45, 7) is 4.17. The Hall–Kier alpha value is -3.97. The number of carboxylic acids is 2. The maximum atomic E-state index is 13.1. The fourth-order valence-corrected chi connectivity index (χ4v) is 4.30. The molecule has 4 unspecified atom stereocenters. The maximum absolute atomic E-state index is 13.1. The molecule has 1 aromatic carbocycles. The number of para-hydroxylation sites is 1. The molecule has 0 spiro atoms. The SMILES string of the molecule is CC(C)CC(N)C(=O)NC(CCCCN)C(=O)NC(CC(=O)O)C(=O)NC(Cc1c[nH]c2ccccc12)C(=O)O. The number of hydrogen-bond acceptors (Lipinski definition) is 7. The Bertz CT molecular complexity index is 1180. The van der Waals surface area contributed by atoms with Crippen LogP contribution in [0.5, 0.6) is 0 Å². The predicted octanol–water partition coefficient (Wildman–Crippen LogP) is 0.227. The summed E-state index contributed by atoms with van der Waals surface area (Å²) in [5, 5.41) is 27.2. The van der Waals surface area contributed by atoms with E-state index in [4.69, 9.17) is 11.5 Å². The summed E-state index contributed by atoms with van der Waals surface area (Å²) in [6, 6.07) is 2.31. The Balaban J connectivity index is 2.17. The van der Waals surface area contributed by atoms with Crippen LogP contribution in [-0.4, -0.2) is 75.6 Å². The van der Waals surface area contributed by atoms with Crippen molar-refractivity contribution in [2.75, 3.05) is 6.54 Å². The second-order valence-electron chi connectivity index (χ2n) is 10.2. The molecule has 4 atom stereocenters. The van der Waals surface area contributed by atoms with Gasteiger partial charge in [0.1, 0.15) is 18.1 Å². The number of nitrogens with two attached hydrogens (primary N) is 2. The molecule has 3 amide bonds. The van der Waals surface area contributed by atoms with Gasteiger partial charge in [0, 0.05) is 23.5 Å². The summed E-state index contributed by atoms with van der Waals surface area (Å²) >= 11 is 0. The van der Waals surface area contributed by atoms with E-state index < -0.39 is 60.2 Å². The van der Waals surface area contributed by atoms with Crippen molar-refractivity contribution < 1.29 is 34.2 Å². The van der Waals surface area contributed by atoms with Gasteiger partial charge in [-0.3, -0.25) is 19.2 Å². The number of nitrogens with one attached hydrogen (secondary N) is 4. The fourth-order valence-electron chi connectivity index (χ4n) is 4.30. The van der Waals surface area contributed by atoms with Crippen LogP contribution in [-0.2, 0) is 30.4 Å². The standard InChI is InChI=1S/C27H40N6O7/c1-15(2)11-18(29)24(36)31-20(9-5-6-10-28)25(37)32-21(13-23(34)35)26(38)33-22(27(39)40)12-16-14-30-19-8-4-3-7-17(16)19/h3-4,7-8,14-15,18,20-22,30H,5-6,9-13,28-29H2,1-2H3,(H,31,36)(H,32,37)(H,33,38)(H,34,35)(H,39,40). The number of H-pyrrole nitrogens is 1. The third-order valence-electron chi connectivity index (χ3n) is 6.37. The first-order chi connectivity index (χ1) is 18.9. The Morgan fingerprint density at radius 1 is 0.900 bits per heavy atom. The van der Waals surface area contributed by atoms with Crippen molar-refractivity contribution in [2.45, 2.75) is 76.5 Å². The van der Waals surface area contributed by atoms with Crippen LogP contribution < -0.4 is 27.4 Å². The van der Waals surface area contributed by atoms with Gasteiger partial charge in [0.15, 0.2) is 0 Å². The van der Waals surface area contributed by atoms with E-state index in [0.29, 0.717) is 31.4 Å². The van der Waals surface area contributed by atoms with Gasteiger partial charge in [-0.05, 0) is 49.8 Å². The number of unbranched alkanes of at least 4 members (excludes halogenated alkanes) is 1. The lowest BCUT2D eigenvalue weighted by molar-refractivity contribution is -0.143. The number of aromatic amines is 1. The van der Waals surface area contributed by atoms with Crippen LogP contribution in [0.3, 0.4) is 0 Å². The van der Waals surface area contributed by atoms with Crippen LogP contribution in [0.25, 0.3) is 10.9 Å². The summed E-state index contributed by atoms with van der Waals surface area (Å²) in [5.74, 6) is -4.89. The zero-order valence-corrected chi connectivity index (χ0v) is 22.8. The zero-order valence-electron chi connectivity index (χ0n) is 22.8. The molecular weight excluding hydrogens is 520 g/mol. The Morgan fingerprint density at radius 2 is 1.52 bits per heavy atom. The van der Waals surface area contributed by atoms with E-state index in [2.05, 4.69) is 20.9 Å². The number of carbonyl (C=O) groups is 5. The quantitative estimate of drug-likeness (QED) is 0.124. The predicted molar refractivity (Wildman–Crippen MR) is 148 cm³/mol. The highest BCUT2D eigenvalue weighted by Gasteiger charge is 2.32. The molecule has 0 saturated carbocycles. The molecule has 1 aromatic heterocycles. The number of aliphatic carboxylic acids is 2. The zero-order chi connectivity index (χ0) is 29.8. The minimum atomic E-state index is -1.59. The van der Waals surface area contributed by atoms with Crippen molar-refractivity contribution in [1.29, 1.82) is 0 Å². The molecule has 0 saturated heterocycles. The molecule has 0 aliphatic heterocycles. The molecule has 220 valence electrons. The van der Waals surface area contributed by atoms with Crippen molar-refractivity contribution in [3.05, 3.63) is 36.0 Å². The average Bonchev–Trinajstić information content (AvgIpc) is 3.29. The van der Waals surface area contributed by atoms with E-state index in [1.54, 1.807) is 12.3 Å². The third-order valence-corrected chi connectivity index (χ3v) is 6.37. The van der Waals surface area contributed by atoms with E-state index in [1.807, 2.05) is 32.0 Å². The number of benzene rings is 1. The molecule has 40 heavy (non-hydrogen) atoms. The van der Waals surface area contributed by atoms with Crippen LogP contribution in [0, 0.1) is 5.92 Å². The number of carbonyl (C=O) groups excluding carboxylic acids is 3. The molecular formula is C27H40N6O7. The summed E-state index contributed by atoms with van der Waals surface area (Å²) in [4.78, 5) is 65.4. The highest BCUT2D eigenvalue weighted by Crippen LogP contribution is 2.19. The van der Waals surface area contributed by atoms with E-state index in [9.17, 15) is 34.2 Å². The van der Waals surface area contributed by atoms with E-state index in [-0.39, 0.29) is 18.8 Å². The van der Waals surface area contributed by atoms with Crippen LogP contribution in [0.15, 0.2) is 30.5 Å². The van der Waals surface area contributed by atoms with E-state index in [1.165, 1.54) is 0 Å². The van der Waals surface area contributed by atoms with Crippen molar-refractivity contribution >= 4 is 40.6 Å². The minimum absolute atomic E-state index is 0.0790. The van der Waals surface area contributed by atoms with Gasteiger partial charge in [0.2, 0.25) is 17.7 Å². The molecule has 13 nitrogen and oxygen atoms in total. The van der Waals surface area contributed by atoms with Crippen molar-refractivity contribution in [1.82, 2.24) is 20.9 Å². The Kier molecular flexibility index (Phi) is 12.6. The summed E-state index contributed by atoms with van der Waals surface area (Å²) < 4.78 is 0. The van der Waals surface area contributed by atoms with E-state index in [0.717, 1.165) is 10.9 Å². The second kappa shape index (κ2) is 15.6. The van der Waals surface area contributed by atoms with Gasteiger partial charge in [-0.15, -0.1) is 0 Å². The summed E-state index contributed by atoms with van der Waals surface area (Å²) in [6.07, 6.45) is 2.39. The highest BCUT2D eigenvalue weighted by molar-refractivity contribution is 5.95. The first-order valence-corrected chi connectivity index (χ1v) is 13.3. The lowest BCUT2D eigenvalue weighted by atomic mass is 10.0. The molecule has 0 fully saturated rings. The highest BCUT2D eigenvalue weighted by atomic mass is 16.4. The lowest BCUT2D eigenvalue weighted by Gasteiger charge is -2.25. The molecule has 13 heteroatoms. The first-order valence-electron chi connectivity index (χ1n) is 13.3. The normalized spacial score (nSPS) is 14.2. The largest absolute Gasteiger partial charge is 0.481 e. The molecule has 1 heterocycles. The van der Waals surface area contributed by atoms with Crippen LogP contribution in [0.4, 0.5) is 0 Å². The van der Waals surface area contributed by atoms with Gasteiger partial charge in [-0.1, -0.05) is 32.0 Å². The monoisotopic (exact) mass is 560 g/mol. The van der Waals surface area contributed by atoms with Crippen LogP contribution >= 0.6 is 0 Å². The number of rotatable bonds is 17. The van der Waals surface area contributed by atoms with Crippen molar-refractivity contribution in [3.8, 4) is 0 Å². The van der Waals surface area contributed by atoms with Gasteiger partial charge in [-0.25, -0.2) is 4.79 Å². The first kappa shape index (κ1) is 32.2. The van der Waals surface area contributed by atoms with Gasteiger partial charge in [0.05, 0.1) is 12.5 Å². The van der Waals surface area contributed by atoms with Crippen molar-refractivity contribution in [3.63, 3.8) is 0 Å². The topological polar surface area (TPSA) is 230 Å². The summed E-state index contributed by atoms with van der Waals surface area (Å²) in [7, 11) is 0. The molecule has 2 aromatic rings. The molecule has 0 aliphatic rings. The molecule has 10 N–H and O–H groups in total. The number of fused-ring (bicyclic) bond motifs is 1. The molecule has 0 bridgehead atoms. The van der Waals surface area contributed by atoms with Crippen LogP contribution in [0.2, 0.25) is 0 Å². The molecule has 0 aliphatic carbocycles. The molecule has 2 rings (SSSR count). The van der Waals surface area contributed by atoms with Gasteiger partial charge in [-0.2, -0.15) is 0 Å². The minimum Gasteiger partial charge on any atom is -0.481 e. The number of carboxylic acid groups (broad SMARTS) is 2. The van der Waals surface area contributed by atoms with Crippen LogP contribution in [0.1, 0.15) is 51.5 Å². The molecule has 0 radical (unpaired) electrons. The summed E-state index contributed by atoms with van der Waals surface area (Å²) in [5.41, 5.74) is 12.9. The van der Waals surface area contributed by atoms with Gasteiger partial charge >= 0.3 is 11.9 Å². The number of hydrogen-bond donors (Lipinski definition) is 8. The fraction of sp³-hybridized carbons (Fsp3) is 0.519. The van der Waals surface area contributed by atoms with E-state index >= 15 is 0 Å². The van der Waals surface area contributed by atoms with Crippen molar-refractivity contribution in [2.24, 2.45) is 17.4 Å². The smallest absolute Gasteiger partial charge is 0.326 e. The third kappa shape index (κ3) is 9.97. The Labute approximate surface area is 232 Å². The maximum Gasteiger partial charge on any atom is 0.326 e. The second-order valence-corrected chi connectivity index (χ2v) is 10.2. The van der Waals surface area contributed by atoms with Gasteiger partial charge < -0.3 is 42.6 Å². The number of aromatic nitrogens is 1. The number of amides is 3. The van der Waals surface area contributed by atoms with Gasteiger partial charge in [0.25, 0.3) is 0 Å². The average molecular weight is 561 g/mol.